The summed E-state index contributed by atoms with van der Waals surface area (Å²) in [5, 5.41) is 8.80. The lowest BCUT2D eigenvalue weighted by molar-refractivity contribution is 0.102. The minimum atomic E-state index is -0.0376. The first kappa shape index (κ1) is 8.10. The summed E-state index contributed by atoms with van der Waals surface area (Å²) in [5.74, 6) is -0.0376. The van der Waals surface area contributed by atoms with Gasteiger partial charge in [-0.2, -0.15) is 0 Å². The molecular weight excluding hydrogens is 166 g/mol. The zero-order valence-corrected chi connectivity index (χ0v) is 7.45. The molecule has 0 amide bonds. The van der Waals surface area contributed by atoms with Gasteiger partial charge in [-0.15, -0.1) is 0 Å². The maximum Gasteiger partial charge on any atom is 0.193 e. The third-order valence-corrected chi connectivity index (χ3v) is 2.52. The van der Waals surface area contributed by atoms with Crippen LogP contribution in [0.1, 0.15) is 22.5 Å². The van der Waals surface area contributed by atoms with E-state index in [9.17, 15) is 4.79 Å². The molecule has 0 saturated carbocycles. The molecule has 1 aliphatic rings. The Morgan fingerprint density at radius 1 is 1.54 bits per heavy atom. The first-order chi connectivity index (χ1) is 6.24. The Kier molecular flexibility index (Phi) is 1.72. The van der Waals surface area contributed by atoms with Crippen LogP contribution in [-0.4, -0.2) is 15.5 Å². The largest absolute Gasteiger partial charge is 0.515 e. The van der Waals surface area contributed by atoms with Crippen molar-refractivity contribution in [2.75, 3.05) is 0 Å². The Balaban J connectivity index is 2.52. The van der Waals surface area contributed by atoms with Gasteiger partial charge < -0.3 is 9.67 Å². The number of Topliss-reactive ketones (excluding diaryl/α,β-unsaturated/α-hetero) is 1. The van der Waals surface area contributed by atoms with E-state index >= 15 is 0 Å². The summed E-state index contributed by atoms with van der Waals surface area (Å²) in [5.41, 5.74) is 2.31. The molecule has 0 bridgehead atoms. The lowest BCUT2D eigenvalue weighted by Crippen LogP contribution is -2.14. The van der Waals surface area contributed by atoms with Crippen LogP contribution in [0, 0.1) is 0 Å². The number of aryl methyl sites for hydroxylation is 1. The quantitative estimate of drug-likeness (QED) is 0.483. The SMILES string of the molecule is Cn1ccc2c1CCC(=CO)C2=O. The maximum atomic E-state index is 11.6. The number of rotatable bonds is 0. The van der Waals surface area contributed by atoms with Crippen molar-refractivity contribution in [3.63, 3.8) is 0 Å². The smallest absolute Gasteiger partial charge is 0.193 e. The van der Waals surface area contributed by atoms with Gasteiger partial charge in [0.15, 0.2) is 5.78 Å². The molecule has 0 spiro atoms. The van der Waals surface area contributed by atoms with E-state index in [-0.39, 0.29) is 5.78 Å². The number of carbonyl (C=O) groups excluding carboxylic acids is 1. The average molecular weight is 177 g/mol. The highest BCUT2D eigenvalue weighted by Gasteiger charge is 2.23. The topological polar surface area (TPSA) is 42.2 Å². The molecule has 0 aromatic carbocycles. The second-order valence-electron chi connectivity index (χ2n) is 3.27. The highest BCUT2D eigenvalue weighted by molar-refractivity contribution is 6.10. The number of ketones is 1. The molecule has 1 heterocycles. The number of aliphatic hydroxyl groups excluding tert-OH is 1. The van der Waals surface area contributed by atoms with Crippen LogP contribution < -0.4 is 0 Å². The minimum Gasteiger partial charge on any atom is -0.515 e. The summed E-state index contributed by atoms with van der Waals surface area (Å²) in [4.78, 5) is 11.6. The number of aromatic nitrogens is 1. The van der Waals surface area contributed by atoms with Crippen LogP contribution in [0.3, 0.4) is 0 Å². The molecule has 1 aliphatic carbocycles. The third-order valence-electron chi connectivity index (χ3n) is 2.52. The fraction of sp³-hybridized carbons (Fsp3) is 0.300. The number of carbonyl (C=O) groups is 1. The Hall–Kier alpha value is -1.51. The van der Waals surface area contributed by atoms with Crippen LogP contribution in [0.4, 0.5) is 0 Å². The molecule has 1 aromatic rings. The zero-order chi connectivity index (χ0) is 9.42. The molecule has 0 atom stereocenters. The van der Waals surface area contributed by atoms with Gasteiger partial charge in [-0.05, 0) is 18.9 Å². The van der Waals surface area contributed by atoms with E-state index in [0.717, 1.165) is 23.9 Å². The molecule has 0 radical (unpaired) electrons. The number of hydrogen-bond acceptors (Lipinski definition) is 2. The molecule has 0 aliphatic heterocycles. The molecular formula is C10H11NO2. The predicted molar refractivity (Wildman–Crippen MR) is 48.8 cm³/mol. The minimum absolute atomic E-state index is 0.0376. The molecule has 1 N–H and O–H groups in total. The summed E-state index contributed by atoms with van der Waals surface area (Å²) in [6.07, 6.45) is 4.28. The summed E-state index contributed by atoms with van der Waals surface area (Å²) >= 11 is 0. The van der Waals surface area contributed by atoms with Gasteiger partial charge in [-0.25, -0.2) is 0 Å². The molecule has 0 saturated heterocycles. The van der Waals surface area contributed by atoms with E-state index in [1.165, 1.54) is 0 Å². The van der Waals surface area contributed by atoms with Crippen LogP contribution in [-0.2, 0) is 13.5 Å². The van der Waals surface area contributed by atoms with Crippen LogP contribution in [0.2, 0.25) is 0 Å². The van der Waals surface area contributed by atoms with Gasteiger partial charge in [0.1, 0.15) is 0 Å². The lowest BCUT2D eigenvalue weighted by atomic mass is 9.92. The number of nitrogens with zero attached hydrogens (tertiary/aromatic N) is 1. The van der Waals surface area contributed by atoms with Crippen molar-refractivity contribution in [1.82, 2.24) is 4.57 Å². The van der Waals surface area contributed by atoms with Crippen molar-refractivity contribution in [2.24, 2.45) is 7.05 Å². The summed E-state index contributed by atoms with van der Waals surface area (Å²) in [6.45, 7) is 0. The number of allylic oxidation sites excluding steroid dienone is 1. The van der Waals surface area contributed by atoms with Crippen molar-refractivity contribution in [3.05, 3.63) is 35.4 Å². The number of aliphatic hydroxyl groups is 1. The number of fused-ring (bicyclic) bond motifs is 1. The highest BCUT2D eigenvalue weighted by Crippen LogP contribution is 2.24. The van der Waals surface area contributed by atoms with Crippen LogP contribution in [0.5, 0.6) is 0 Å². The fourth-order valence-corrected chi connectivity index (χ4v) is 1.74. The summed E-state index contributed by atoms with van der Waals surface area (Å²) in [6, 6.07) is 1.81. The van der Waals surface area contributed by atoms with E-state index in [4.69, 9.17) is 5.11 Å². The van der Waals surface area contributed by atoms with Gasteiger partial charge in [-0.3, -0.25) is 4.79 Å². The van der Waals surface area contributed by atoms with E-state index in [1.807, 2.05) is 17.8 Å². The maximum absolute atomic E-state index is 11.6. The molecule has 1 aromatic heterocycles. The molecule has 0 fully saturated rings. The van der Waals surface area contributed by atoms with Crippen LogP contribution in [0.25, 0.3) is 0 Å². The molecule has 68 valence electrons. The number of hydrogen-bond donors (Lipinski definition) is 1. The Labute approximate surface area is 76.3 Å². The van der Waals surface area contributed by atoms with E-state index in [2.05, 4.69) is 0 Å². The molecule has 2 rings (SSSR count). The normalized spacial score (nSPS) is 19.2. The van der Waals surface area contributed by atoms with Gasteiger partial charge in [0.2, 0.25) is 0 Å². The van der Waals surface area contributed by atoms with E-state index in [1.54, 1.807) is 6.07 Å². The van der Waals surface area contributed by atoms with Gasteiger partial charge in [-0.1, -0.05) is 0 Å². The second kappa shape index (κ2) is 2.76. The summed E-state index contributed by atoms with van der Waals surface area (Å²) < 4.78 is 1.96. The molecule has 3 nitrogen and oxygen atoms in total. The van der Waals surface area contributed by atoms with E-state index in [0.29, 0.717) is 12.0 Å². The first-order valence-electron chi connectivity index (χ1n) is 4.26. The zero-order valence-electron chi connectivity index (χ0n) is 7.45. The van der Waals surface area contributed by atoms with Crippen molar-refractivity contribution in [1.29, 1.82) is 0 Å². The first-order valence-corrected chi connectivity index (χ1v) is 4.26. The van der Waals surface area contributed by atoms with Crippen molar-refractivity contribution in [2.45, 2.75) is 12.8 Å². The Morgan fingerprint density at radius 3 is 3.00 bits per heavy atom. The van der Waals surface area contributed by atoms with Gasteiger partial charge in [0, 0.05) is 30.1 Å². The van der Waals surface area contributed by atoms with Gasteiger partial charge >= 0.3 is 0 Å². The van der Waals surface area contributed by atoms with Crippen LogP contribution >= 0.6 is 0 Å². The van der Waals surface area contributed by atoms with Crippen LogP contribution in [0.15, 0.2) is 24.1 Å². The fourth-order valence-electron chi connectivity index (χ4n) is 1.74. The van der Waals surface area contributed by atoms with Crippen molar-refractivity contribution < 1.29 is 9.90 Å². The standard InChI is InChI=1S/C10H11NO2/c1-11-5-4-8-9(11)3-2-7(6-12)10(8)13/h4-6,12H,2-3H2,1H3. The third kappa shape index (κ3) is 1.08. The monoisotopic (exact) mass is 177 g/mol. The van der Waals surface area contributed by atoms with Crippen molar-refractivity contribution in [3.8, 4) is 0 Å². The van der Waals surface area contributed by atoms with Gasteiger partial charge in [0.25, 0.3) is 0 Å². The predicted octanol–water partition coefficient (Wildman–Crippen LogP) is 1.60. The van der Waals surface area contributed by atoms with Gasteiger partial charge in [0.05, 0.1) is 6.26 Å². The second-order valence-corrected chi connectivity index (χ2v) is 3.27. The lowest BCUT2D eigenvalue weighted by Gasteiger charge is -2.14. The Morgan fingerprint density at radius 2 is 2.31 bits per heavy atom. The van der Waals surface area contributed by atoms with Crippen molar-refractivity contribution >= 4 is 5.78 Å². The molecule has 13 heavy (non-hydrogen) atoms. The molecule has 3 heteroatoms. The summed E-state index contributed by atoms with van der Waals surface area (Å²) in [7, 11) is 1.93. The average Bonchev–Trinajstić information content (AvgIpc) is 2.50. The molecule has 0 unspecified atom stereocenters. The Bertz CT molecular complexity index is 388. The highest BCUT2D eigenvalue weighted by atomic mass is 16.2. The van der Waals surface area contributed by atoms with E-state index < -0.39 is 0 Å².